The summed E-state index contributed by atoms with van der Waals surface area (Å²) in [6.45, 7) is 31.5. The van der Waals surface area contributed by atoms with Gasteiger partial charge in [0.25, 0.3) is 14.3 Å². The number of fused-ring (bicyclic) bond motifs is 1. The molecule has 0 aliphatic heterocycles. The van der Waals surface area contributed by atoms with Crippen molar-refractivity contribution in [3.05, 3.63) is 78.4 Å². The molecule has 0 aromatic heterocycles. The molecule has 0 heterocycles. The molecule has 6 heteroatoms. The van der Waals surface area contributed by atoms with Gasteiger partial charge in [0, 0.05) is 4.90 Å². The van der Waals surface area contributed by atoms with Gasteiger partial charge in [-0.3, -0.25) is 4.79 Å². The SMILES string of the molecule is C=C[C@]1(Sc2ccccc2)[C@@H](C(=O)O[Si](C(C)C)(C(C)C)C(C)C)Cc2ccccc2C1(C)O[Si](C)(C)C(C)(C)C. The molecule has 3 rings (SSSR count). The first kappa shape index (κ1) is 33.9. The Bertz CT molecular complexity index is 1200. The molecule has 0 spiro atoms. The van der Waals surface area contributed by atoms with Crippen molar-refractivity contribution in [2.24, 2.45) is 5.92 Å². The molecular weight excluding hydrogens is 557 g/mol. The number of rotatable bonds is 10. The Kier molecular flexibility index (Phi) is 10.1. The number of carbonyl (C=O) groups is 1. The minimum atomic E-state index is -2.48. The fraction of sp³-hybridized carbons (Fsp3) is 0.571. The highest BCUT2D eigenvalue weighted by Crippen LogP contribution is 2.60. The average molecular weight is 611 g/mol. The molecule has 2 aromatic carbocycles. The minimum Gasteiger partial charge on any atom is -0.518 e. The van der Waals surface area contributed by atoms with Gasteiger partial charge < -0.3 is 8.85 Å². The standard InChI is InChI=1S/C35H54O3SSi2/c1-14-35(39-29-21-16-15-17-22-29)31(32(36)37-41(25(2)3,26(4)5)27(6)7)24-28-20-18-19-23-30(28)34(35,11)38-40(12,13)33(8,9)10/h14-23,25-27,31H,1,24H2,2-13H3/t31-,34?,35+/m1/s1. The predicted molar refractivity (Wildman–Crippen MR) is 182 cm³/mol. The second kappa shape index (κ2) is 12.2. The van der Waals surface area contributed by atoms with Crippen molar-refractivity contribution in [1.29, 1.82) is 0 Å². The summed E-state index contributed by atoms with van der Waals surface area (Å²) in [5.41, 5.74) is 2.41. The molecule has 0 saturated carbocycles. The first-order chi connectivity index (χ1) is 18.9. The maximum Gasteiger partial charge on any atom is 0.297 e. The topological polar surface area (TPSA) is 35.5 Å². The zero-order valence-electron chi connectivity index (χ0n) is 27.6. The van der Waals surface area contributed by atoms with Crippen molar-refractivity contribution in [3.63, 3.8) is 0 Å². The van der Waals surface area contributed by atoms with Gasteiger partial charge in [0.1, 0.15) is 0 Å². The summed E-state index contributed by atoms with van der Waals surface area (Å²) in [5, 5.41) is -0.0161. The second-order valence-electron chi connectivity index (χ2n) is 14.5. The summed E-state index contributed by atoms with van der Waals surface area (Å²) < 4.78 is 13.7. The minimum absolute atomic E-state index is 0.0161. The van der Waals surface area contributed by atoms with Crippen molar-refractivity contribution in [2.75, 3.05) is 0 Å². The molecule has 0 N–H and O–H groups in total. The van der Waals surface area contributed by atoms with Crippen LogP contribution in [0.15, 0.2) is 72.1 Å². The van der Waals surface area contributed by atoms with Crippen molar-refractivity contribution in [1.82, 2.24) is 0 Å². The number of thioether (sulfide) groups is 1. The van der Waals surface area contributed by atoms with Crippen molar-refractivity contribution in [2.45, 2.75) is 126 Å². The third-order valence-corrected chi connectivity index (χ3v) is 22.3. The van der Waals surface area contributed by atoms with Crippen LogP contribution in [0.25, 0.3) is 0 Å². The van der Waals surface area contributed by atoms with Crippen LogP contribution in [0.1, 0.15) is 80.4 Å². The van der Waals surface area contributed by atoms with Gasteiger partial charge in [0.2, 0.25) is 0 Å². The van der Waals surface area contributed by atoms with Crippen LogP contribution >= 0.6 is 11.8 Å². The summed E-state index contributed by atoms with van der Waals surface area (Å²) in [6, 6.07) is 18.9. The molecule has 2 aromatic rings. The molecular formula is C35H54O3SSi2. The van der Waals surface area contributed by atoms with E-state index in [-0.39, 0.29) is 11.0 Å². The van der Waals surface area contributed by atoms with Gasteiger partial charge in [-0.1, -0.05) is 111 Å². The fourth-order valence-electron chi connectivity index (χ4n) is 6.96. The lowest BCUT2D eigenvalue weighted by molar-refractivity contribution is -0.144. The summed E-state index contributed by atoms with van der Waals surface area (Å²) in [6.07, 6.45) is 2.61. The molecule has 41 heavy (non-hydrogen) atoms. The number of benzene rings is 2. The van der Waals surface area contributed by atoms with Gasteiger partial charge in [-0.2, -0.15) is 0 Å². The van der Waals surface area contributed by atoms with Crippen LogP contribution in [-0.4, -0.2) is 27.4 Å². The largest absolute Gasteiger partial charge is 0.518 e. The van der Waals surface area contributed by atoms with Crippen LogP contribution in [0.3, 0.4) is 0 Å². The van der Waals surface area contributed by atoms with E-state index >= 15 is 0 Å². The quantitative estimate of drug-likeness (QED) is 0.198. The number of hydrogen-bond donors (Lipinski definition) is 0. The lowest BCUT2D eigenvalue weighted by Gasteiger charge is -2.58. The zero-order chi connectivity index (χ0) is 31.0. The van der Waals surface area contributed by atoms with Gasteiger partial charge in [0.15, 0.2) is 8.32 Å². The summed E-state index contributed by atoms with van der Waals surface area (Å²) in [7, 11) is -4.81. The predicted octanol–water partition coefficient (Wildman–Crippen LogP) is 10.5. The Hall–Kier alpha value is -1.61. The Balaban J connectivity index is 2.34. The first-order valence-electron chi connectivity index (χ1n) is 15.3. The highest BCUT2D eigenvalue weighted by Gasteiger charge is 2.63. The van der Waals surface area contributed by atoms with Gasteiger partial charge in [-0.25, -0.2) is 0 Å². The molecule has 3 nitrogen and oxygen atoms in total. The lowest BCUT2D eigenvalue weighted by Crippen LogP contribution is -2.63. The van der Waals surface area contributed by atoms with Crippen molar-refractivity contribution < 1.29 is 13.6 Å². The monoisotopic (exact) mass is 610 g/mol. The molecule has 1 aliphatic carbocycles. The maximum absolute atomic E-state index is 14.9. The highest BCUT2D eigenvalue weighted by molar-refractivity contribution is 8.01. The van der Waals surface area contributed by atoms with E-state index in [1.165, 1.54) is 0 Å². The fourth-order valence-corrected chi connectivity index (χ4v) is 15.3. The van der Waals surface area contributed by atoms with E-state index < -0.39 is 32.9 Å². The number of hydrogen-bond acceptors (Lipinski definition) is 4. The lowest BCUT2D eigenvalue weighted by atomic mass is 9.66. The highest BCUT2D eigenvalue weighted by atomic mass is 32.2. The molecule has 0 fully saturated rings. The smallest absolute Gasteiger partial charge is 0.297 e. The van der Waals surface area contributed by atoms with E-state index in [1.807, 2.05) is 12.1 Å². The van der Waals surface area contributed by atoms with E-state index in [0.29, 0.717) is 23.0 Å². The third-order valence-electron chi connectivity index (χ3n) is 10.1. The molecule has 0 bridgehead atoms. The molecule has 1 aliphatic rings. The molecule has 3 atom stereocenters. The Morgan fingerprint density at radius 1 is 0.951 bits per heavy atom. The summed E-state index contributed by atoms with van der Waals surface area (Å²) in [4.78, 5) is 16.0. The van der Waals surface area contributed by atoms with E-state index in [1.54, 1.807) is 11.8 Å². The normalized spacial score (nSPS) is 23.5. The van der Waals surface area contributed by atoms with Crippen molar-refractivity contribution >= 4 is 34.4 Å². The summed E-state index contributed by atoms with van der Waals surface area (Å²) >= 11 is 1.72. The Morgan fingerprint density at radius 2 is 1.46 bits per heavy atom. The molecule has 0 radical (unpaired) electrons. The Morgan fingerprint density at radius 3 is 1.95 bits per heavy atom. The maximum atomic E-state index is 14.9. The van der Waals surface area contributed by atoms with E-state index in [9.17, 15) is 4.79 Å². The van der Waals surface area contributed by atoms with E-state index in [4.69, 9.17) is 8.85 Å². The van der Waals surface area contributed by atoms with Crippen molar-refractivity contribution in [3.8, 4) is 0 Å². The van der Waals surface area contributed by atoms with Gasteiger partial charge in [-0.05, 0) is 71.4 Å². The molecule has 1 unspecified atom stereocenters. The molecule has 0 saturated heterocycles. The van der Waals surface area contributed by atoms with Crippen LogP contribution in [0.5, 0.6) is 0 Å². The second-order valence-corrected chi connectivity index (χ2v) is 25.9. The van der Waals surface area contributed by atoms with Gasteiger partial charge in [0.05, 0.1) is 16.3 Å². The molecule has 226 valence electrons. The van der Waals surface area contributed by atoms with Gasteiger partial charge >= 0.3 is 0 Å². The van der Waals surface area contributed by atoms with Crippen LogP contribution in [0.4, 0.5) is 0 Å². The molecule has 0 amide bonds. The van der Waals surface area contributed by atoms with E-state index in [0.717, 1.165) is 16.0 Å². The van der Waals surface area contributed by atoms with Crippen LogP contribution < -0.4 is 0 Å². The summed E-state index contributed by atoms with van der Waals surface area (Å²) in [5.74, 6) is -0.561. The van der Waals surface area contributed by atoms with E-state index in [2.05, 4.69) is 137 Å². The van der Waals surface area contributed by atoms with Crippen LogP contribution in [-0.2, 0) is 25.7 Å². The third kappa shape index (κ3) is 5.96. The van der Waals surface area contributed by atoms with Crippen LogP contribution in [0, 0.1) is 5.92 Å². The zero-order valence-corrected chi connectivity index (χ0v) is 30.4. The Labute approximate surface area is 257 Å². The van der Waals surface area contributed by atoms with Gasteiger partial charge in [-0.15, -0.1) is 18.3 Å². The van der Waals surface area contributed by atoms with Crippen LogP contribution in [0.2, 0.25) is 34.8 Å². The first-order valence-corrected chi connectivity index (χ1v) is 21.1. The number of carbonyl (C=O) groups excluding carboxylic acids is 1. The average Bonchev–Trinajstić information content (AvgIpc) is 2.87.